The van der Waals surface area contributed by atoms with Crippen molar-refractivity contribution in [2.75, 3.05) is 6.61 Å². The van der Waals surface area contributed by atoms with Gasteiger partial charge in [0, 0.05) is 16.7 Å². The quantitative estimate of drug-likeness (QED) is 0.769. The van der Waals surface area contributed by atoms with Gasteiger partial charge in [0.25, 0.3) is 0 Å². The van der Waals surface area contributed by atoms with Gasteiger partial charge in [-0.2, -0.15) is 0 Å². The highest BCUT2D eigenvalue weighted by atomic mass is 35.5. The van der Waals surface area contributed by atoms with Crippen LogP contribution in [0.1, 0.15) is 31.7 Å². The molecule has 0 fully saturated rings. The third-order valence-electron chi connectivity index (χ3n) is 2.85. The van der Waals surface area contributed by atoms with Crippen molar-refractivity contribution in [1.82, 2.24) is 0 Å². The average Bonchev–Trinajstić information content (AvgIpc) is 2.39. The summed E-state index contributed by atoms with van der Waals surface area (Å²) in [4.78, 5) is 11.7. The number of carbonyl (C=O) groups is 1. The molecule has 1 aromatic carbocycles. The van der Waals surface area contributed by atoms with Crippen LogP contribution in [0.2, 0.25) is 5.02 Å². The van der Waals surface area contributed by atoms with E-state index in [4.69, 9.17) is 21.1 Å². The lowest BCUT2D eigenvalue weighted by atomic mass is 10.1. The number of halogens is 1. The predicted octanol–water partition coefficient (Wildman–Crippen LogP) is 3.81. The zero-order valence-electron chi connectivity index (χ0n) is 10.9. The van der Waals surface area contributed by atoms with Crippen LogP contribution in [0.5, 0.6) is 0 Å². The Hall–Kier alpha value is -1.32. The summed E-state index contributed by atoms with van der Waals surface area (Å²) in [6.45, 7) is 2.71. The fourth-order valence-electron chi connectivity index (χ4n) is 1.80. The first-order chi connectivity index (χ1) is 9.19. The van der Waals surface area contributed by atoms with Crippen LogP contribution in [0.3, 0.4) is 0 Å². The van der Waals surface area contributed by atoms with Crippen LogP contribution in [-0.2, 0) is 14.3 Å². The number of rotatable bonds is 5. The van der Waals surface area contributed by atoms with Crippen LogP contribution in [-0.4, -0.2) is 18.7 Å². The summed E-state index contributed by atoms with van der Waals surface area (Å²) in [5.74, 6) is 0.576. The van der Waals surface area contributed by atoms with E-state index in [9.17, 15) is 4.79 Å². The maximum absolute atomic E-state index is 11.7. The second-order valence-corrected chi connectivity index (χ2v) is 4.89. The molecule has 1 aromatic rings. The first-order valence-corrected chi connectivity index (χ1v) is 6.85. The number of ether oxygens (including phenoxy) is 2. The molecule has 0 aromatic heterocycles. The summed E-state index contributed by atoms with van der Waals surface area (Å²) in [6, 6.07) is 7.20. The number of hydrogen-bond donors (Lipinski definition) is 0. The van der Waals surface area contributed by atoms with Gasteiger partial charge in [-0.05, 0) is 30.7 Å². The molecule has 2 rings (SSSR count). The summed E-state index contributed by atoms with van der Waals surface area (Å²) in [5.41, 5.74) is 0.835. The molecule has 102 valence electrons. The van der Waals surface area contributed by atoms with Crippen LogP contribution in [0.4, 0.5) is 0 Å². The molecule has 1 atom stereocenters. The van der Waals surface area contributed by atoms with Gasteiger partial charge in [0.2, 0.25) is 6.29 Å². The highest BCUT2D eigenvalue weighted by Crippen LogP contribution is 2.25. The average molecular weight is 281 g/mol. The van der Waals surface area contributed by atoms with Gasteiger partial charge >= 0.3 is 0 Å². The molecule has 1 heterocycles. The van der Waals surface area contributed by atoms with Crippen molar-refractivity contribution in [3.8, 4) is 0 Å². The monoisotopic (exact) mass is 280 g/mol. The maximum Gasteiger partial charge on any atom is 0.207 e. The molecule has 4 heteroatoms. The van der Waals surface area contributed by atoms with Crippen molar-refractivity contribution in [3.63, 3.8) is 0 Å². The standard InChI is InChI=1S/C15H17ClO3/c1-2-3-8-18-15-10-13(17)9-14(19-15)11-4-6-12(16)7-5-11/h4-7,9,15H,2-3,8,10H2,1H3. The molecule has 1 aliphatic rings. The van der Waals surface area contributed by atoms with E-state index in [1.807, 2.05) is 12.1 Å². The normalized spacial score (nSPS) is 18.9. The lowest BCUT2D eigenvalue weighted by Gasteiger charge is -2.24. The van der Waals surface area contributed by atoms with Gasteiger partial charge in [-0.1, -0.05) is 24.9 Å². The Morgan fingerprint density at radius 1 is 1.37 bits per heavy atom. The topological polar surface area (TPSA) is 35.5 Å². The number of allylic oxidation sites excluding steroid dienone is 1. The van der Waals surface area contributed by atoms with Crippen molar-refractivity contribution < 1.29 is 14.3 Å². The summed E-state index contributed by atoms with van der Waals surface area (Å²) in [5, 5.41) is 0.655. The molecule has 0 saturated carbocycles. The lowest BCUT2D eigenvalue weighted by molar-refractivity contribution is -0.135. The van der Waals surface area contributed by atoms with Gasteiger partial charge in [-0.3, -0.25) is 4.79 Å². The van der Waals surface area contributed by atoms with Crippen molar-refractivity contribution >= 4 is 23.1 Å². The van der Waals surface area contributed by atoms with Crippen LogP contribution in [0.15, 0.2) is 30.3 Å². The zero-order valence-corrected chi connectivity index (χ0v) is 11.7. The van der Waals surface area contributed by atoms with Crippen LogP contribution in [0, 0.1) is 0 Å². The molecule has 3 nitrogen and oxygen atoms in total. The predicted molar refractivity (Wildman–Crippen MR) is 74.8 cm³/mol. The number of ketones is 1. The first kappa shape index (κ1) is 14.1. The minimum Gasteiger partial charge on any atom is -0.464 e. The molecule has 0 saturated heterocycles. The molecule has 0 amide bonds. The first-order valence-electron chi connectivity index (χ1n) is 6.47. The Labute approximate surface area is 118 Å². The summed E-state index contributed by atoms with van der Waals surface area (Å²) < 4.78 is 11.3. The van der Waals surface area contributed by atoms with Crippen LogP contribution < -0.4 is 0 Å². The SMILES string of the molecule is CCCCOC1CC(=O)C=C(c2ccc(Cl)cc2)O1. The molecule has 0 N–H and O–H groups in total. The van der Waals surface area contributed by atoms with Crippen molar-refractivity contribution in [2.45, 2.75) is 32.5 Å². The second-order valence-electron chi connectivity index (χ2n) is 4.46. The van der Waals surface area contributed by atoms with Crippen molar-refractivity contribution in [1.29, 1.82) is 0 Å². The van der Waals surface area contributed by atoms with E-state index < -0.39 is 6.29 Å². The van der Waals surface area contributed by atoms with E-state index in [0.717, 1.165) is 18.4 Å². The Morgan fingerprint density at radius 2 is 2.11 bits per heavy atom. The minimum atomic E-state index is -0.477. The molecule has 0 aliphatic carbocycles. The van der Waals surface area contributed by atoms with Crippen molar-refractivity contribution in [2.24, 2.45) is 0 Å². The van der Waals surface area contributed by atoms with E-state index in [1.54, 1.807) is 12.1 Å². The summed E-state index contributed by atoms with van der Waals surface area (Å²) in [7, 11) is 0. The zero-order chi connectivity index (χ0) is 13.7. The maximum atomic E-state index is 11.7. The van der Waals surface area contributed by atoms with Crippen LogP contribution in [0.25, 0.3) is 5.76 Å². The molecule has 0 spiro atoms. The van der Waals surface area contributed by atoms with Gasteiger partial charge < -0.3 is 9.47 Å². The highest BCUT2D eigenvalue weighted by Gasteiger charge is 2.23. The van der Waals surface area contributed by atoms with E-state index >= 15 is 0 Å². The van der Waals surface area contributed by atoms with E-state index in [-0.39, 0.29) is 12.2 Å². The van der Waals surface area contributed by atoms with E-state index in [0.29, 0.717) is 17.4 Å². The Morgan fingerprint density at radius 3 is 2.79 bits per heavy atom. The Balaban J connectivity index is 2.04. The summed E-state index contributed by atoms with van der Waals surface area (Å²) in [6.07, 6.45) is 3.34. The fraction of sp³-hybridized carbons (Fsp3) is 0.400. The minimum absolute atomic E-state index is 0.0256. The molecular formula is C15H17ClO3. The molecular weight excluding hydrogens is 264 g/mol. The Bertz CT molecular complexity index is 465. The van der Waals surface area contributed by atoms with Crippen molar-refractivity contribution in [3.05, 3.63) is 40.9 Å². The molecule has 0 radical (unpaired) electrons. The van der Waals surface area contributed by atoms with Crippen LogP contribution >= 0.6 is 11.6 Å². The number of unbranched alkanes of at least 4 members (excludes halogenated alkanes) is 1. The number of hydrogen-bond acceptors (Lipinski definition) is 3. The summed E-state index contributed by atoms with van der Waals surface area (Å²) >= 11 is 5.84. The largest absolute Gasteiger partial charge is 0.464 e. The number of carbonyl (C=O) groups excluding carboxylic acids is 1. The lowest BCUT2D eigenvalue weighted by Crippen LogP contribution is -2.24. The second kappa shape index (κ2) is 6.73. The fourth-order valence-corrected chi connectivity index (χ4v) is 1.93. The molecule has 1 unspecified atom stereocenters. The molecule has 1 aliphatic heterocycles. The van der Waals surface area contributed by atoms with Gasteiger partial charge in [-0.15, -0.1) is 0 Å². The van der Waals surface area contributed by atoms with E-state index in [1.165, 1.54) is 6.08 Å². The Kier molecular flexibility index (Phi) is 5.00. The third-order valence-corrected chi connectivity index (χ3v) is 3.10. The third kappa shape index (κ3) is 4.08. The van der Waals surface area contributed by atoms with Gasteiger partial charge in [0.05, 0.1) is 13.0 Å². The highest BCUT2D eigenvalue weighted by molar-refractivity contribution is 6.30. The van der Waals surface area contributed by atoms with E-state index in [2.05, 4.69) is 6.92 Å². The van der Waals surface area contributed by atoms with Gasteiger partial charge in [-0.25, -0.2) is 0 Å². The number of benzene rings is 1. The van der Waals surface area contributed by atoms with Gasteiger partial charge in [0.1, 0.15) is 5.76 Å². The smallest absolute Gasteiger partial charge is 0.207 e. The van der Waals surface area contributed by atoms with Gasteiger partial charge in [0.15, 0.2) is 5.78 Å². The molecule has 0 bridgehead atoms. The molecule has 19 heavy (non-hydrogen) atoms.